The third kappa shape index (κ3) is 5.85. The summed E-state index contributed by atoms with van der Waals surface area (Å²) in [6.45, 7) is 4.48. The monoisotopic (exact) mass is 351 g/mol. The Hall–Kier alpha value is -2.08. The fraction of sp³-hybridized carbons (Fsp3) is 0.278. The molecule has 0 aliphatic heterocycles. The van der Waals surface area contributed by atoms with E-state index < -0.39 is 11.6 Å². The van der Waals surface area contributed by atoms with Gasteiger partial charge in [-0.25, -0.2) is 8.78 Å². The number of nitrogens with one attached hydrogen (secondary N) is 1. The molecule has 2 aromatic rings. The van der Waals surface area contributed by atoms with E-state index in [2.05, 4.69) is 11.4 Å². The van der Waals surface area contributed by atoms with E-state index in [1.165, 1.54) is 11.8 Å². The smallest absolute Gasteiger partial charge is 0.234 e. The molecule has 0 atom stereocenters. The molecule has 0 bridgehead atoms. The number of halogens is 2. The first kappa shape index (κ1) is 18.3. The van der Waals surface area contributed by atoms with Crippen LogP contribution in [0.4, 0.5) is 14.5 Å². The van der Waals surface area contributed by atoms with E-state index in [4.69, 9.17) is 4.74 Å². The number of ether oxygens (including phenoxy) is 1. The lowest BCUT2D eigenvalue weighted by Gasteiger charge is -2.09. The molecule has 0 heterocycles. The SMILES string of the molecule is Cc1cc(C)cc(OCCSCC(=O)Nc2cc(F)ccc2F)c1. The summed E-state index contributed by atoms with van der Waals surface area (Å²) in [7, 11) is 0. The van der Waals surface area contributed by atoms with Crippen molar-refractivity contribution in [2.45, 2.75) is 13.8 Å². The summed E-state index contributed by atoms with van der Waals surface area (Å²) in [5, 5.41) is 2.36. The van der Waals surface area contributed by atoms with Crippen molar-refractivity contribution in [2.24, 2.45) is 0 Å². The van der Waals surface area contributed by atoms with Crippen LogP contribution in [0.5, 0.6) is 5.75 Å². The lowest BCUT2D eigenvalue weighted by atomic mass is 10.1. The van der Waals surface area contributed by atoms with Crippen LogP contribution in [0.1, 0.15) is 11.1 Å². The molecule has 1 N–H and O–H groups in total. The number of aryl methyl sites for hydroxylation is 2. The van der Waals surface area contributed by atoms with Crippen LogP contribution < -0.4 is 10.1 Å². The number of hydrogen-bond acceptors (Lipinski definition) is 3. The van der Waals surface area contributed by atoms with Gasteiger partial charge in [0.25, 0.3) is 0 Å². The predicted octanol–water partition coefficient (Wildman–Crippen LogP) is 4.33. The highest BCUT2D eigenvalue weighted by molar-refractivity contribution is 7.99. The lowest BCUT2D eigenvalue weighted by molar-refractivity contribution is -0.113. The number of amides is 1. The Morgan fingerprint density at radius 2 is 1.83 bits per heavy atom. The average molecular weight is 351 g/mol. The van der Waals surface area contributed by atoms with E-state index in [-0.39, 0.29) is 17.3 Å². The summed E-state index contributed by atoms with van der Waals surface area (Å²) in [5.74, 6) is -0.0672. The van der Waals surface area contributed by atoms with Gasteiger partial charge >= 0.3 is 0 Å². The van der Waals surface area contributed by atoms with Crippen molar-refractivity contribution in [3.05, 3.63) is 59.2 Å². The summed E-state index contributed by atoms with van der Waals surface area (Å²) < 4.78 is 32.1. The third-order valence-corrected chi connectivity index (χ3v) is 4.05. The molecule has 24 heavy (non-hydrogen) atoms. The van der Waals surface area contributed by atoms with Gasteiger partial charge in [0.05, 0.1) is 18.0 Å². The Balaban J connectivity index is 1.70. The Morgan fingerprint density at radius 1 is 1.12 bits per heavy atom. The van der Waals surface area contributed by atoms with Crippen molar-refractivity contribution in [2.75, 3.05) is 23.4 Å². The van der Waals surface area contributed by atoms with Crippen molar-refractivity contribution in [3.8, 4) is 5.75 Å². The molecular weight excluding hydrogens is 332 g/mol. The van der Waals surface area contributed by atoms with Crippen LogP contribution in [0.3, 0.4) is 0 Å². The number of carbonyl (C=O) groups excluding carboxylic acids is 1. The average Bonchev–Trinajstić information content (AvgIpc) is 2.49. The van der Waals surface area contributed by atoms with Crippen LogP contribution in [0.25, 0.3) is 0 Å². The van der Waals surface area contributed by atoms with Crippen LogP contribution in [0.2, 0.25) is 0 Å². The van der Waals surface area contributed by atoms with Gasteiger partial charge in [-0.05, 0) is 49.2 Å². The maximum Gasteiger partial charge on any atom is 0.234 e. The van der Waals surface area contributed by atoms with Crippen LogP contribution in [-0.4, -0.2) is 24.0 Å². The molecule has 0 saturated heterocycles. The summed E-state index contributed by atoms with van der Waals surface area (Å²) in [4.78, 5) is 11.7. The van der Waals surface area contributed by atoms with Crippen molar-refractivity contribution < 1.29 is 18.3 Å². The van der Waals surface area contributed by atoms with Crippen LogP contribution in [0, 0.1) is 25.5 Å². The standard InChI is InChI=1S/C18H19F2NO2S/c1-12-7-13(2)9-15(8-12)23-5-6-24-11-18(22)21-17-10-14(19)3-4-16(17)20/h3-4,7-10H,5-6,11H2,1-2H3,(H,21,22). The first-order valence-corrected chi connectivity index (χ1v) is 8.63. The largest absolute Gasteiger partial charge is 0.493 e. The summed E-state index contributed by atoms with van der Waals surface area (Å²) >= 11 is 1.37. The Labute approximate surface area is 144 Å². The van der Waals surface area contributed by atoms with Crippen molar-refractivity contribution >= 4 is 23.4 Å². The fourth-order valence-electron chi connectivity index (χ4n) is 2.18. The van der Waals surface area contributed by atoms with Crippen molar-refractivity contribution in [3.63, 3.8) is 0 Å². The van der Waals surface area contributed by atoms with Gasteiger partial charge in [-0.15, -0.1) is 11.8 Å². The predicted molar refractivity (Wildman–Crippen MR) is 93.7 cm³/mol. The second kappa shape index (κ2) is 8.68. The number of anilines is 1. The summed E-state index contributed by atoms with van der Waals surface area (Å²) in [5.41, 5.74) is 2.12. The van der Waals surface area contributed by atoms with Gasteiger partial charge in [0.1, 0.15) is 17.4 Å². The van der Waals surface area contributed by atoms with E-state index in [9.17, 15) is 13.6 Å². The van der Waals surface area contributed by atoms with Crippen LogP contribution in [0.15, 0.2) is 36.4 Å². The first-order chi connectivity index (χ1) is 11.4. The Kier molecular flexibility index (Phi) is 6.61. The molecule has 0 aliphatic rings. The summed E-state index contributed by atoms with van der Waals surface area (Å²) in [6.07, 6.45) is 0. The zero-order valence-corrected chi connectivity index (χ0v) is 14.4. The molecule has 128 valence electrons. The number of hydrogen-bond donors (Lipinski definition) is 1. The van der Waals surface area contributed by atoms with E-state index in [1.54, 1.807) is 0 Å². The minimum atomic E-state index is -0.659. The Morgan fingerprint density at radius 3 is 2.54 bits per heavy atom. The fourth-order valence-corrected chi connectivity index (χ4v) is 2.78. The number of thioether (sulfide) groups is 1. The van der Waals surface area contributed by atoms with Crippen LogP contribution >= 0.6 is 11.8 Å². The Bertz CT molecular complexity index is 702. The number of carbonyl (C=O) groups is 1. The summed E-state index contributed by atoms with van der Waals surface area (Å²) in [6, 6.07) is 8.92. The van der Waals surface area contributed by atoms with Gasteiger partial charge < -0.3 is 10.1 Å². The van der Waals surface area contributed by atoms with E-state index in [0.29, 0.717) is 12.4 Å². The minimum absolute atomic E-state index is 0.145. The van der Waals surface area contributed by atoms with E-state index >= 15 is 0 Å². The van der Waals surface area contributed by atoms with Gasteiger partial charge in [-0.1, -0.05) is 6.07 Å². The van der Waals surface area contributed by atoms with Gasteiger partial charge in [-0.3, -0.25) is 4.79 Å². The molecule has 6 heteroatoms. The molecule has 0 spiro atoms. The normalized spacial score (nSPS) is 10.5. The van der Waals surface area contributed by atoms with Crippen molar-refractivity contribution in [1.82, 2.24) is 0 Å². The molecule has 2 aromatic carbocycles. The van der Waals surface area contributed by atoms with E-state index in [0.717, 1.165) is 35.1 Å². The molecule has 0 aromatic heterocycles. The zero-order chi connectivity index (χ0) is 17.5. The molecule has 0 unspecified atom stereocenters. The number of rotatable bonds is 7. The lowest BCUT2D eigenvalue weighted by Crippen LogP contribution is -2.16. The molecule has 0 fully saturated rings. The highest BCUT2D eigenvalue weighted by atomic mass is 32.2. The number of benzene rings is 2. The van der Waals surface area contributed by atoms with Gasteiger partial charge in [0.2, 0.25) is 5.91 Å². The third-order valence-electron chi connectivity index (χ3n) is 3.13. The molecule has 0 radical (unpaired) electrons. The molecule has 3 nitrogen and oxygen atoms in total. The van der Waals surface area contributed by atoms with Crippen molar-refractivity contribution in [1.29, 1.82) is 0 Å². The van der Waals surface area contributed by atoms with Gasteiger partial charge in [0.15, 0.2) is 0 Å². The molecule has 1 amide bonds. The molecular formula is C18H19F2NO2S. The molecule has 0 aliphatic carbocycles. The molecule has 2 rings (SSSR count). The van der Waals surface area contributed by atoms with E-state index in [1.807, 2.05) is 26.0 Å². The van der Waals surface area contributed by atoms with Crippen LogP contribution in [-0.2, 0) is 4.79 Å². The maximum absolute atomic E-state index is 13.4. The topological polar surface area (TPSA) is 38.3 Å². The first-order valence-electron chi connectivity index (χ1n) is 7.48. The second-order valence-electron chi connectivity index (χ2n) is 5.40. The van der Waals surface area contributed by atoms with Gasteiger partial charge in [-0.2, -0.15) is 0 Å². The minimum Gasteiger partial charge on any atom is -0.493 e. The highest BCUT2D eigenvalue weighted by Gasteiger charge is 2.08. The maximum atomic E-state index is 13.4. The highest BCUT2D eigenvalue weighted by Crippen LogP contribution is 2.17. The zero-order valence-electron chi connectivity index (χ0n) is 13.6. The quantitative estimate of drug-likeness (QED) is 0.755. The van der Waals surface area contributed by atoms with Gasteiger partial charge in [0, 0.05) is 11.8 Å². The second-order valence-corrected chi connectivity index (χ2v) is 6.50. The molecule has 0 saturated carbocycles.